The van der Waals surface area contributed by atoms with Gasteiger partial charge in [-0.15, -0.1) is 0 Å². The van der Waals surface area contributed by atoms with Crippen LogP contribution in [0.25, 0.3) is 55.4 Å². The van der Waals surface area contributed by atoms with E-state index in [1.807, 2.05) is 30.5 Å². The van der Waals surface area contributed by atoms with Gasteiger partial charge in [0.25, 0.3) is 0 Å². The van der Waals surface area contributed by atoms with Gasteiger partial charge in [-0.05, 0) is 58.0 Å². The third-order valence-corrected chi connectivity index (χ3v) is 6.97. The van der Waals surface area contributed by atoms with Crippen LogP contribution in [0.2, 0.25) is 0 Å². The number of benzene rings is 4. The van der Waals surface area contributed by atoms with Crippen LogP contribution in [-0.4, -0.2) is 4.98 Å². The van der Waals surface area contributed by atoms with E-state index in [1.165, 1.54) is 5.56 Å². The monoisotopic (exact) mass is 478 g/mol. The normalized spacial score (nSPS) is 11.6. The molecule has 0 radical (unpaired) electrons. The number of furan rings is 1. The molecule has 2 aromatic heterocycles. The van der Waals surface area contributed by atoms with Crippen molar-refractivity contribution in [3.8, 4) is 39.6 Å². The molecule has 0 spiro atoms. The number of fused-ring (bicyclic) bond motifs is 3. The molecule has 6 aromatic rings. The Labute approximate surface area is 216 Å². The van der Waals surface area contributed by atoms with Gasteiger partial charge in [-0.2, -0.15) is 5.26 Å². The minimum absolute atomic E-state index is 0.0383. The van der Waals surface area contributed by atoms with E-state index in [1.54, 1.807) is 0 Å². The Morgan fingerprint density at radius 3 is 1.86 bits per heavy atom. The topological polar surface area (TPSA) is 49.8 Å². The van der Waals surface area contributed by atoms with Crippen LogP contribution in [0.5, 0.6) is 0 Å². The summed E-state index contributed by atoms with van der Waals surface area (Å²) in [6, 6.07) is 35.2. The van der Waals surface area contributed by atoms with E-state index in [2.05, 4.69) is 99.6 Å². The molecule has 37 heavy (non-hydrogen) atoms. The summed E-state index contributed by atoms with van der Waals surface area (Å²) in [5.74, 6) is 0. The Morgan fingerprint density at radius 1 is 0.676 bits per heavy atom. The molecule has 3 heteroatoms. The Morgan fingerprint density at radius 2 is 1.24 bits per heavy atom. The van der Waals surface area contributed by atoms with Gasteiger partial charge in [0, 0.05) is 28.1 Å². The van der Waals surface area contributed by atoms with Crippen molar-refractivity contribution in [3.05, 3.63) is 114 Å². The highest BCUT2D eigenvalue weighted by Gasteiger charge is 2.18. The highest BCUT2D eigenvalue weighted by Crippen LogP contribution is 2.40. The van der Waals surface area contributed by atoms with Crippen molar-refractivity contribution >= 4 is 21.9 Å². The Hall–Kier alpha value is -4.68. The largest absolute Gasteiger partial charge is 0.455 e. The molecule has 0 aliphatic rings. The first-order chi connectivity index (χ1) is 17.9. The second-order valence-corrected chi connectivity index (χ2v) is 10.4. The van der Waals surface area contributed by atoms with Crippen molar-refractivity contribution < 1.29 is 4.42 Å². The number of hydrogen-bond donors (Lipinski definition) is 0. The molecule has 4 aromatic carbocycles. The Kier molecular flexibility index (Phi) is 5.39. The van der Waals surface area contributed by atoms with Crippen molar-refractivity contribution in [2.45, 2.75) is 26.2 Å². The van der Waals surface area contributed by atoms with Crippen LogP contribution in [-0.2, 0) is 5.41 Å². The molecule has 0 unspecified atom stereocenters. The lowest BCUT2D eigenvalue weighted by Crippen LogP contribution is -2.11. The Balaban J connectivity index is 1.46. The van der Waals surface area contributed by atoms with Crippen molar-refractivity contribution in [3.63, 3.8) is 0 Å². The zero-order valence-corrected chi connectivity index (χ0v) is 21.1. The van der Waals surface area contributed by atoms with Gasteiger partial charge >= 0.3 is 0 Å². The number of pyridine rings is 1. The van der Waals surface area contributed by atoms with Gasteiger partial charge in [-0.3, -0.25) is 4.98 Å². The minimum Gasteiger partial charge on any atom is -0.455 e. The van der Waals surface area contributed by atoms with Crippen molar-refractivity contribution in [1.82, 2.24) is 4.98 Å². The van der Waals surface area contributed by atoms with Crippen LogP contribution in [0.15, 0.2) is 108 Å². The van der Waals surface area contributed by atoms with E-state index >= 15 is 0 Å². The fourth-order valence-corrected chi connectivity index (χ4v) is 4.87. The van der Waals surface area contributed by atoms with Crippen LogP contribution < -0.4 is 0 Å². The quantitative estimate of drug-likeness (QED) is 0.255. The molecule has 0 aliphatic carbocycles. The highest BCUT2D eigenvalue weighted by atomic mass is 16.3. The molecule has 2 heterocycles. The number of aromatic nitrogens is 1. The summed E-state index contributed by atoms with van der Waals surface area (Å²) in [5.41, 5.74) is 9.95. The fraction of sp³-hybridized carbons (Fsp3) is 0.118. The van der Waals surface area contributed by atoms with Gasteiger partial charge in [0.2, 0.25) is 0 Å². The summed E-state index contributed by atoms with van der Waals surface area (Å²) in [5, 5.41) is 11.2. The third kappa shape index (κ3) is 4.07. The van der Waals surface area contributed by atoms with Crippen LogP contribution in [0.3, 0.4) is 0 Å². The van der Waals surface area contributed by atoms with Gasteiger partial charge in [0.05, 0.1) is 17.3 Å². The molecule has 0 N–H and O–H groups in total. The summed E-state index contributed by atoms with van der Waals surface area (Å²) < 4.78 is 6.62. The summed E-state index contributed by atoms with van der Waals surface area (Å²) in [4.78, 5) is 4.70. The van der Waals surface area contributed by atoms with E-state index in [9.17, 15) is 0 Å². The van der Waals surface area contributed by atoms with Crippen LogP contribution in [0.1, 0.15) is 31.9 Å². The lowest BCUT2D eigenvalue weighted by molar-refractivity contribution is 0.589. The number of hydrogen-bond acceptors (Lipinski definition) is 3. The molecule has 3 nitrogen and oxygen atoms in total. The maximum absolute atomic E-state index is 9.06. The first kappa shape index (κ1) is 22.8. The zero-order chi connectivity index (χ0) is 25.6. The number of para-hydroxylation sites is 2. The highest BCUT2D eigenvalue weighted by molar-refractivity contribution is 6.12. The number of nitrogens with zero attached hydrogens (tertiary/aromatic N) is 2. The summed E-state index contributed by atoms with van der Waals surface area (Å²) in [6.07, 6.45) is 1.89. The van der Waals surface area contributed by atoms with Crippen molar-refractivity contribution in [2.24, 2.45) is 0 Å². The average molecular weight is 479 g/mol. The molecule has 0 saturated carbocycles. The second-order valence-electron chi connectivity index (χ2n) is 10.4. The molecule has 0 fully saturated rings. The van der Waals surface area contributed by atoms with Crippen molar-refractivity contribution in [2.75, 3.05) is 0 Å². The van der Waals surface area contributed by atoms with E-state index in [4.69, 9.17) is 14.7 Å². The predicted molar refractivity (Wildman–Crippen MR) is 151 cm³/mol. The van der Waals surface area contributed by atoms with Gasteiger partial charge < -0.3 is 4.42 Å². The second kappa shape index (κ2) is 8.76. The van der Waals surface area contributed by atoms with Gasteiger partial charge in [-0.1, -0.05) is 87.5 Å². The molecule has 0 atom stereocenters. The van der Waals surface area contributed by atoms with Crippen LogP contribution in [0.4, 0.5) is 0 Å². The predicted octanol–water partition coefficient (Wildman–Crippen LogP) is 9.15. The van der Waals surface area contributed by atoms with E-state index in [0.29, 0.717) is 5.56 Å². The lowest BCUT2D eigenvalue weighted by Gasteiger charge is -2.19. The summed E-state index contributed by atoms with van der Waals surface area (Å²) >= 11 is 0. The molecular weight excluding hydrogens is 452 g/mol. The number of nitriles is 1. The fourth-order valence-electron chi connectivity index (χ4n) is 4.87. The molecule has 0 amide bonds. The maximum atomic E-state index is 9.06. The summed E-state index contributed by atoms with van der Waals surface area (Å²) in [7, 11) is 0. The third-order valence-electron chi connectivity index (χ3n) is 6.97. The van der Waals surface area contributed by atoms with Crippen molar-refractivity contribution in [1.29, 1.82) is 5.26 Å². The first-order valence-electron chi connectivity index (χ1n) is 12.4. The molecule has 6 rings (SSSR count). The van der Waals surface area contributed by atoms with E-state index < -0.39 is 0 Å². The minimum atomic E-state index is 0.0383. The lowest BCUT2D eigenvalue weighted by atomic mass is 9.87. The van der Waals surface area contributed by atoms with Gasteiger partial charge in [-0.25, -0.2) is 0 Å². The van der Waals surface area contributed by atoms with E-state index in [0.717, 1.165) is 55.4 Å². The van der Waals surface area contributed by atoms with Gasteiger partial charge in [0.15, 0.2) is 0 Å². The number of rotatable bonds is 3. The first-order valence-corrected chi connectivity index (χ1v) is 12.4. The zero-order valence-electron chi connectivity index (χ0n) is 21.1. The average Bonchev–Trinajstić information content (AvgIpc) is 3.32. The molecule has 0 aliphatic heterocycles. The SMILES string of the molecule is CC(C)(C)c1ccnc(-c2cccc3c2oc2c(-c4ccc(-c5ccc(C#N)cc5)cc4)cccc23)c1. The summed E-state index contributed by atoms with van der Waals surface area (Å²) in [6.45, 7) is 6.65. The molecule has 0 bridgehead atoms. The molecular formula is C34H26N2O. The van der Waals surface area contributed by atoms with Gasteiger partial charge in [0.1, 0.15) is 11.2 Å². The molecule has 178 valence electrons. The van der Waals surface area contributed by atoms with Crippen LogP contribution in [0, 0.1) is 11.3 Å². The standard InChI is InChI=1S/C34H26N2O/c1-34(2,3)26-18-19-36-31(20-26)30-9-5-8-29-28-7-4-6-27(32(28)37-33(29)30)25-16-14-24(15-17-25)23-12-10-22(21-35)11-13-23/h4-20H,1-3H3. The van der Waals surface area contributed by atoms with Crippen LogP contribution >= 0.6 is 0 Å². The molecule has 0 saturated heterocycles. The smallest absolute Gasteiger partial charge is 0.144 e. The maximum Gasteiger partial charge on any atom is 0.144 e. The Bertz CT molecular complexity index is 1790. The van der Waals surface area contributed by atoms with E-state index in [-0.39, 0.29) is 5.41 Å².